The number of anilines is 1. The lowest BCUT2D eigenvalue weighted by molar-refractivity contribution is -0.113. The Balaban J connectivity index is 1.47. The van der Waals surface area contributed by atoms with E-state index in [9.17, 15) is 4.79 Å². The van der Waals surface area contributed by atoms with Crippen molar-refractivity contribution < 1.29 is 9.53 Å². The molecule has 0 spiro atoms. The summed E-state index contributed by atoms with van der Waals surface area (Å²) in [5.74, 6) is 0.526. The third kappa shape index (κ3) is 6.08. The van der Waals surface area contributed by atoms with Crippen LogP contribution in [0.4, 0.5) is 11.4 Å². The van der Waals surface area contributed by atoms with Crippen LogP contribution in [-0.2, 0) is 11.4 Å². The number of thioether (sulfide) groups is 1. The molecule has 0 bridgehead atoms. The fraction of sp³-hybridized carbons (Fsp3) is 0.0667. The lowest BCUT2D eigenvalue weighted by atomic mass is 10.1. The minimum absolute atomic E-state index is 0.173. The predicted molar refractivity (Wildman–Crippen MR) is 155 cm³/mol. The Morgan fingerprint density at radius 1 is 0.865 bits per heavy atom. The van der Waals surface area contributed by atoms with Crippen LogP contribution in [-0.4, -0.2) is 11.1 Å². The smallest absolute Gasteiger partial charge is 0.271 e. The van der Waals surface area contributed by atoms with Crippen molar-refractivity contribution in [1.82, 2.24) is 0 Å². The quantitative estimate of drug-likeness (QED) is 0.228. The molecule has 1 saturated heterocycles. The van der Waals surface area contributed by atoms with Crippen LogP contribution in [0, 0.1) is 6.92 Å². The summed E-state index contributed by atoms with van der Waals surface area (Å²) in [6.45, 7) is 2.49. The second kappa shape index (κ2) is 11.3. The molecule has 4 aromatic rings. The Kier molecular flexibility index (Phi) is 7.65. The normalized spacial score (nSPS) is 15.5. The number of hydrogen-bond acceptors (Lipinski definition) is 4. The molecule has 7 heteroatoms. The number of halogens is 2. The van der Waals surface area contributed by atoms with Gasteiger partial charge in [0.05, 0.1) is 16.3 Å². The van der Waals surface area contributed by atoms with E-state index in [-0.39, 0.29) is 5.91 Å². The number of carbonyl (C=O) groups is 1. The molecule has 5 rings (SSSR count). The van der Waals surface area contributed by atoms with Crippen LogP contribution in [0.1, 0.15) is 16.7 Å². The molecular formula is C30H22Cl2N2O2S. The first-order valence-corrected chi connectivity index (χ1v) is 13.1. The van der Waals surface area contributed by atoms with Crippen molar-refractivity contribution in [3.63, 3.8) is 0 Å². The molecule has 1 amide bonds. The maximum absolute atomic E-state index is 13.6. The number of aliphatic imine (C=N–C) groups is 1. The van der Waals surface area contributed by atoms with Gasteiger partial charge < -0.3 is 4.74 Å². The number of aryl methyl sites for hydroxylation is 1. The number of para-hydroxylation sites is 1. The molecule has 0 aromatic heterocycles. The topological polar surface area (TPSA) is 41.9 Å². The summed E-state index contributed by atoms with van der Waals surface area (Å²) in [6.07, 6.45) is 1.85. The molecule has 184 valence electrons. The van der Waals surface area contributed by atoms with Gasteiger partial charge in [-0.15, -0.1) is 0 Å². The van der Waals surface area contributed by atoms with E-state index in [1.54, 1.807) is 41.3 Å². The van der Waals surface area contributed by atoms with E-state index in [4.69, 9.17) is 32.9 Å². The lowest BCUT2D eigenvalue weighted by Gasteiger charge is -2.15. The largest absolute Gasteiger partial charge is 0.488 e. The van der Waals surface area contributed by atoms with Gasteiger partial charge in [-0.25, -0.2) is 4.99 Å². The minimum Gasteiger partial charge on any atom is -0.488 e. The number of benzene rings is 4. The summed E-state index contributed by atoms with van der Waals surface area (Å²) in [5.41, 5.74) is 4.47. The monoisotopic (exact) mass is 544 g/mol. The zero-order valence-corrected chi connectivity index (χ0v) is 22.2. The molecule has 0 atom stereocenters. The molecule has 1 fully saturated rings. The molecule has 0 saturated carbocycles. The summed E-state index contributed by atoms with van der Waals surface area (Å²) in [6, 6.07) is 30.2. The van der Waals surface area contributed by atoms with Crippen molar-refractivity contribution >= 4 is 63.5 Å². The van der Waals surface area contributed by atoms with Gasteiger partial charge in [-0.1, -0.05) is 71.2 Å². The van der Waals surface area contributed by atoms with Crippen LogP contribution in [0.2, 0.25) is 10.0 Å². The molecule has 4 aromatic carbocycles. The molecule has 0 aliphatic carbocycles. The highest BCUT2D eigenvalue weighted by atomic mass is 35.5. The first-order valence-electron chi connectivity index (χ1n) is 11.6. The molecule has 0 radical (unpaired) electrons. The summed E-state index contributed by atoms with van der Waals surface area (Å²) in [4.78, 5) is 20.5. The highest BCUT2D eigenvalue weighted by molar-refractivity contribution is 8.19. The number of carbonyl (C=O) groups excluding carboxylic acids is 1. The second-order valence-electron chi connectivity index (χ2n) is 8.41. The van der Waals surface area contributed by atoms with Gasteiger partial charge in [0.15, 0.2) is 5.17 Å². The van der Waals surface area contributed by atoms with E-state index >= 15 is 0 Å². The molecule has 4 nitrogen and oxygen atoms in total. The first kappa shape index (κ1) is 25.2. The Labute approximate surface area is 230 Å². The van der Waals surface area contributed by atoms with Gasteiger partial charge in [-0.05, 0) is 84.9 Å². The number of nitrogens with zero attached hydrogens (tertiary/aromatic N) is 2. The Morgan fingerprint density at radius 2 is 1.51 bits per heavy atom. The number of rotatable bonds is 6. The summed E-state index contributed by atoms with van der Waals surface area (Å²) >= 11 is 13.4. The maximum Gasteiger partial charge on any atom is 0.271 e. The van der Waals surface area contributed by atoms with Gasteiger partial charge >= 0.3 is 0 Å². The van der Waals surface area contributed by atoms with Crippen molar-refractivity contribution in [2.24, 2.45) is 4.99 Å². The Bertz CT molecular complexity index is 1480. The van der Waals surface area contributed by atoms with E-state index in [2.05, 4.69) is 31.2 Å². The summed E-state index contributed by atoms with van der Waals surface area (Å²) in [5, 5.41) is 1.75. The fourth-order valence-electron chi connectivity index (χ4n) is 3.71. The number of amides is 1. The van der Waals surface area contributed by atoms with Crippen LogP contribution >= 0.6 is 35.0 Å². The average Bonchev–Trinajstić information content (AvgIpc) is 3.20. The molecule has 1 aliphatic heterocycles. The van der Waals surface area contributed by atoms with E-state index < -0.39 is 0 Å². The van der Waals surface area contributed by atoms with Crippen molar-refractivity contribution in [3.05, 3.63) is 129 Å². The summed E-state index contributed by atoms with van der Waals surface area (Å²) < 4.78 is 6.13. The zero-order chi connectivity index (χ0) is 25.8. The van der Waals surface area contributed by atoms with Crippen molar-refractivity contribution in [1.29, 1.82) is 0 Å². The van der Waals surface area contributed by atoms with Crippen LogP contribution in [0.5, 0.6) is 5.75 Å². The Morgan fingerprint density at radius 3 is 2.22 bits per heavy atom. The molecule has 0 N–H and O–H groups in total. The molecular weight excluding hydrogens is 523 g/mol. The fourth-order valence-corrected chi connectivity index (χ4v) is 4.95. The van der Waals surface area contributed by atoms with E-state index in [1.807, 2.05) is 42.5 Å². The molecule has 0 unspecified atom stereocenters. The standard InChI is InChI=1S/C30H22Cl2N2O2S/c1-20-6-8-21(9-7-20)19-36-27-5-3-2-4-22(27)18-28-29(35)34(26-16-12-24(32)13-17-26)30(37-28)33-25-14-10-23(31)11-15-25/h2-18H,19H2,1H3/b28-18-,33-30?. The predicted octanol–water partition coefficient (Wildman–Crippen LogP) is 8.69. The molecule has 1 heterocycles. The van der Waals surface area contributed by atoms with Gasteiger partial charge in [0, 0.05) is 15.6 Å². The van der Waals surface area contributed by atoms with Gasteiger partial charge in [-0.3, -0.25) is 9.69 Å². The first-order chi connectivity index (χ1) is 18.0. The second-order valence-corrected chi connectivity index (χ2v) is 10.3. The molecule has 37 heavy (non-hydrogen) atoms. The Hall–Kier alpha value is -3.51. The summed E-state index contributed by atoms with van der Waals surface area (Å²) in [7, 11) is 0. The van der Waals surface area contributed by atoms with Gasteiger partial charge in [0.1, 0.15) is 12.4 Å². The van der Waals surface area contributed by atoms with Crippen LogP contribution in [0.15, 0.2) is 107 Å². The van der Waals surface area contributed by atoms with Gasteiger partial charge in [-0.2, -0.15) is 0 Å². The number of ether oxygens (including phenoxy) is 1. The van der Waals surface area contributed by atoms with Gasteiger partial charge in [0.25, 0.3) is 5.91 Å². The van der Waals surface area contributed by atoms with Crippen molar-refractivity contribution in [2.75, 3.05) is 4.90 Å². The van der Waals surface area contributed by atoms with Crippen LogP contribution in [0.3, 0.4) is 0 Å². The average molecular weight is 545 g/mol. The van der Waals surface area contributed by atoms with Crippen LogP contribution < -0.4 is 9.64 Å². The third-order valence-electron chi connectivity index (χ3n) is 5.66. The highest BCUT2D eigenvalue weighted by Crippen LogP contribution is 2.38. The van der Waals surface area contributed by atoms with Crippen molar-refractivity contribution in [2.45, 2.75) is 13.5 Å². The minimum atomic E-state index is -0.173. The number of amidine groups is 1. The van der Waals surface area contributed by atoms with Gasteiger partial charge in [0.2, 0.25) is 0 Å². The highest BCUT2D eigenvalue weighted by Gasteiger charge is 2.35. The van der Waals surface area contributed by atoms with E-state index in [0.717, 1.165) is 11.1 Å². The number of hydrogen-bond donors (Lipinski definition) is 0. The van der Waals surface area contributed by atoms with E-state index in [1.165, 1.54) is 17.3 Å². The van der Waals surface area contributed by atoms with Crippen LogP contribution in [0.25, 0.3) is 6.08 Å². The zero-order valence-electron chi connectivity index (χ0n) is 19.9. The lowest BCUT2D eigenvalue weighted by Crippen LogP contribution is -2.28. The maximum atomic E-state index is 13.6. The van der Waals surface area contributed by atoms with E-state index in [0.29, 0.717) is 43.8 Å². The molecule has 1 aliphatic rings. The third-order valence-corrected chi connectivity index (χ3v) is 7.14. The SMILES string of the molecule is Cc1ccc(COc2ccccc2/C=C2\SC(=Nc3ccc(Cl)cc3)N(c3ccc(Cl)cc3)C2=O)cc1. The van der Waals surface area contributed by atoms with Crippen molar-refractivity contribution in [3.8, 4) is 5.75 Å².